The molecule has 0 spiro atoms. The van der Waals surface area contributed by atoms with Crippen LogP contribution >= 0.6 is 11.6 Å². The molecule has 1 aromatic carbocycles. The maximum atomic E-state index is 11.2. The molecule has 1 aromatic heterocycles. The molecule has 3 rings (SSSR count). The average molecular weight is 303 g/mol. The van der Waals surface area contributed by atoms with E-state index in [1.54, 1.807) is 6.07 Å². The lowest BCUT2D eigenvalue weighted by Crippen LogP contribution is -2.34. The Bertz CT molecular complexity index is 702. The molecule has 1 aliphatic heterocycles. The molecule has 2 aromatic rings. The van der Waals surface area contributed by atoms with E-state index < -0.39 is 5.97 Å². The highest BCUT2D eigenvalue weighted by Crippen LogP contribution is 2.36. The molecule has 2 heterocycles. The zero-order valence-corrected chi connectivity index (χ0v) is 12.3. The number of rotatable bonds is 2. The summed E-state index contributed by atoms with van der Waals surface area (Å²) in [5, 5.41) is 9.38. The fraction of sp³-hybridized carbons (Fsp3) is 0.250. The zero-order valence-electron chi connectivity index (χ0n) is 11.6. The van der Waals surface area contributed by atoms with Gasteiger partial charge in [-0.3, -0.25) is 0 Å². The van der Waals surface area contributed by atoms with E-state index in [-0.39, 0.29) is 16.8 Å². The highest BCUT2D eigenvalue weighted by Gasteiger charge is 2.25. The number of carbonyl (C=O) groups is 1. The van der Waals surface area contributed by atoms with Crippen LogP contribution in [0.5, 0.6) is 0 Å². The third kappa shape index (κ3) is 2.59. The molecular formula is C16H15ClN2O2. The van der Waals surface area contributed by atoms with Crippen LogP contribution in [0.3, 0.4) is 0 Å². The molecule has 1 atom stereocenters. The van der Waals surface area contributed by atoms with Crippen molar-refractivity contribution in [2.45, 2.75) is 25.8 Å². The van der Waals surface area contributed by atoms with Crippen molar-refractivity contribution in [2.75, 3.05) is 4.90 Å². The van der Waals surface area contributed by atoms with Gasteiger partial charge in [-0.25, -0.2) is 9.78 Å². The Morgan fingerprint density at radius 3 is 2.90 bits per heavy atom. The average Bonchev–Trinajstić information content (AvgIpc) is 2.46. The minimum Gasteiger partial charge on any atom is -0.478 e. The topological polar surface area (TPSA) is 53.4 Å². The number of halogens is 1. The highest BCUT2D eigenvalue weighted by molar-refractivity contribution is 6.29. The predicted molar refractivity (Wildman–Crippen MR) is 82.6 cm³/mol. The van der Waals surface area contributed by atoms with E-state index in [0.29, 0.717) is 5.82 Å². The number of pyridine rings is 1. The number of carboxylic acids is 1. The van der Waals surface area contributed by atoms with Crippen molar-refractivity contribution in [3.8, 4) is 0 Å². The number of benzene rings is 1. The number of para-hydroxylation sites is 1. The number of hydrogen-bond donors (Lipinski definition) is 1. The Labute approximate surface area is 128 Å². The number of aromatic carboxylic acids is 1. The first-order chi connectivity index (χ1) is 10.1. The number of hydrogen-bond acceptors (Lipinski definition) is 3. The predicted octanol–water partition coefficient (Wildman–Crippen LogP) is 3.91. The van der Waals surface area contributed by atoms with Crippen molar-refractivity contribution in [2.24, 2.45) is 0 Å². The summed E-state index contributed by atoms with van der Waals surface area (Å²) in [5.41, 5.74) is 2.47. The molecule has 1 aliphatic rings. The monoisotopic (exact) mass is 302 g/mol. The number of carboxylic acid groups (broad SMARTS) is 1. The van der Waals surface area contributed by atoms with Crippen molar-refractivity contribution in [3.05, 3.63) is 52.7 Å². The van der Waals surface area contributed by atoms with E-state index in [9.17, 15) is 9.90 Å². The van der Waals surface area contributed by atoms with Crippen LogP contribution < -0.4 is 4.90 Å². The van der Waals surface area contributed by atoms with Crippen LogP contribution in [0.2, 0.25) is 5.15 Å². The Balaban J connectivity index is 2.13. The first-order valence-electron chi connectivity index (χ1n) is 6.84. The van der Waals surface area contributed by atoms with Gasteiger partial charge in [-0.1, -0.05) is 29.8 Å². The van der Waals surface area contributed by atoms with Crippen molar-refractivity contribution in [1.29, 1.82) is 0 Å². The van der Waals surface area contributed by atoms with Crippen LogP contribution in [0, 0.1) is 0 Å². The number of aromatic nitrogens is 1. The molecule has 0 saturated heterocycles. The SMILES string of the molecule is CC1CCc2ccccc2N1c1cc(C(=O)O)cc(Cl)n1. The molecular weight excluding hydrogens is 288 g/mol. The second kappa shape index (κ2) is 5.37. The van der Waals surface area contributed by atoms with Gasteiger partial charge in [-0.05, 0) is 43.5 Å². The van der Waals surface area contributed by atoms with Gasteiger partial charge in [0.1, 0.15) is 11.0 Å². The summed E-state index contributed by atoms with van der Waals surface area (Å²) in [6, 6.07) is 11.3. The number of anilines is 2. The molecule has 0 radical (unpaired) electrons. The Morgan fingerprint density at radius 2 is 2.14 bits per heavy atom. The summed E-state index contributed by atoms with van der Waals surface area (Å²) in [4.78, 5) is 17.6. The second-order valence-corrected chi connectivity index (χ2v) is 5.62. The third-order valence-corrected chi connectivity index (χ3v) is 3.99. The lowest BCUT2D eigenvalue weighted by Gasteiger charge is -2.36. The van der Waals surface area contributed by atoms with E-state index in [2.05, 4.69) is 22.9 Å². The van der Waals surface area contributed by atoms with Gasteiger partial charge in [0.15, 0.2) is 0 Å². The van der Waals surface area contributed by atoms with Gasteiger partial charge in [0, 0.05) is 11.7 Å². The molecule has 0 saturated carbocycles. The maximum absolute atomic E-state index is 11.2. The molecule has 5 heteroatoms. The first kappa shape index (κ1) is 13.9. The minimum atomic E-state index is -1.00. The van der Waals surface area contributed by atoms with Crippen LogP contribution in [0.1, 0.15) is 29.3 Å². The first-order valence-corrected chi connectivity index (χ1v) is 7.22. The quantitative estimate of drug-likeness (QED) is 0.855. The summed E-state index contributed by atoms with van der Waals surface area (Å²) in [6.45, 7) is 2.11. The minimum absolute atomic E-state index is 0.153. The smallest absolute Gasteiger partial charge is 0.335 e. The largest absolute Gasteiger partial charge is 0.478 e. The fourth-order valence-corrected chi connectivity index (χ4v) is 2.97. The van der Waals surface area contributed by atoms with Crippen LogP contribution in [-0.2, 0) is 6.42 Å². The summed E-state index contributed by atoms with van der Waals surface area (Å²) in [6.07, 6.45) is 2.01. The van der Waals surface area contributed by atoms with Gasteiger partial charge in [-0.15, -0.1) is 0 Å². The molecule has 4 nitrogen and oxygen atoms in total. The molecule has 0 bridgehead atoms. The molecule has 0 aliphatic carbocycles. The number of aryl methyl sites for hydroxylation is 1. The van der Waals surface area contributed by atoms with Gasteiger partial charge < -0.3 is 10.0 Å². The lowest BCUT2D eigenvalue weighted by molar-refractivity contribution is 0.0696. The Kier molecular flexibility index (Phi) is 3.55. The van der Waals surface area contributed by atoms with Gasteiger partial charge in [-0.2, -0.15) is 0 Å². The summed E-state index contributed by atoms with van der Waals surface area (Å²) < 4.78 is 0. The molecule has 1 N–H and O–H groups in total. The van der Waals surface area contributed by atoms with Crippen LogP contribution in [0.25, 0.3) is 0 Å². The number of fused-ring (bicyclic) bond motifs is 1. The van der Waals surface area contributed by atoms with Crippen molar-refractivity contribution in [1.82, 2.24) is 4.98 Å². The molecule has 0 amide bonds. The fourth-order valence-electron chi connectivity index (χ4n) is 2.77. The Morgan fingerprint density at radius 1 is 1.38 bits per heavy atom. The van der Waals surface area contributed by atoms with E-state index in [1.165, 1.54) is 11.6 Å². The zero-order chi connectivity index (χ0) is 15.0. The second-order valence-electron chi connectivity index (χ2n) is 5.23. The van der Waals surface area contributed by atoms with E-state index in [4.69, 9.17) is 11.6 Å². The van der Waals surface area contributed by atoms with E-state index >= 15 is 0 Å². The van der Waals surface area contributed by atoms with Crippen molar-refractivity contribution < 1.29 is 9.90 Å². The lowest BCUT2D eigenvalue weighted by atomic mass is 9.96. The van der Waals surface area contributed by atoms with Gasteiger partial charge in [0.05, 0.1) is 5.56 Å². The van der Waals surface area contributed by atoms with Crippen LogP contribution in [0.4, 0.5) is 11.5 Å². The third-order valence-electron chi connectivity index (χ3n) is 3.80. The van der Waals surface area contributed by atoms with E-state index in [0.717, 1.165) is 18.5 Å². The highest BCUT2D eigenvalue weighted by atomic mass is 35.5. The van der Waals surface area contributed by atoms with Gasteiger partial charge >= 0.3 is 5.97 Å². The van der Waals surface area contributed by atoms with Crippen LogP contribution in [0.15, 0.2) is 36.4 Å². The normalized spacial score (nSPS) is 17.4. The summed E-state index contributed by atoms with van der Waals surface area (Å²) in [5.74, 6) is -0.418. The molecule has 21 heavy (non-hydrogen) atoms. The summed E-state index contributed by atoms with van der Waals surface area (Å²) in [7, 11) is 0. The Hall–Kier alpha value is -2.07. The molecule has 108 valence electrons. The van der Waals surface area contributed by atoms with Crippen LogP contribution in [-0.4, -0.2) is 22.1 Å². The van der Waals surface area contributed by atoms with Crippen molar-refractivity contribution >= 4 is 29.1 Å². The number of nitrogens with zero attached hydrogens (tertiary/aromatic N) is 2. The van der Waals surface area contributed by atoms with Gasteiger partial charge in [0.2, 0.25) is 0 Å². The van der Waals surface area contributed by atoms with Gasteiger partial charge in [0.25, 0.3) is 0 Å². The molecule has 1 unspecified atom stereocenters. The molecule has 0 fully saturated rings. The summed E-state index contributed by atoms with van der Waals surface area (Å²) >= 11 is 5.99. The maximum Gasteiger partial charge on any atom is 0.335 e. The van der Waals surface area contributed by atoms with Crippen molar-refractivity contribution in [3.63, 3.8) is 0 Å². The standard InChI is InChI=1S/C16H15ClN2O2/c1-10-6-7-11-4-2-3-5-13(11)19(10)15-9-12(16(20)21)8-14(17)18-15/h2-5,8-10H,6-7H2,1H3,(H,20,21). The van der Waals surface area contributed by atoms with E-state index in [1.807, 2.05) is 18.2 Å².